The average molecular weight is 370 g/mol. The highest BCUT2D eigenvalue weighted by Gasteiger charge is 2.27. The zero-order valence-corrected chi connectivity index (χ0v) is 16.2. The normalized spacial score (nSPS) is 20.7. The quantitative estimate of drug-likeness (QED) is 0.637. The third kappa shape index (κ3) is 4.43. The Balaban J connectivity index is 1.24. The van der Waals surface area contributed by atoms with Crippen molar-refractivity contribution in [2.24, 2.45) is 10.9 Å². The van der Waals surface area contributed by atoms with Crippen molar-refractivity contribution in [3.63, 3.8) is 0 Å². The van der Waals surface area contributed by atoms with E-state index in [4.69, 9.17) is 4.74 Å². The molecule has 1 saturated heterocycles. The summed E-state index contributed by atoms with van der Waals surface area (Å²) >= 11 is 0. The Labute approximate surface area is 161 Å². The lowest BCUT2D eigenvalue weighted by Crippen LogP contribution is -2.49. The monoisotopic (exact) mass is 370 g/mol. The van der Waals surface area contributed by atoms with Crippen LogP contribution in [0.5, 0.6) is 0 Å². The SMILES string of the molecule is CN=C(NCC(=O)N1CCc2ccccc21)N1CCC(OCC2CC2)CC1. The number of guanidine groups is 1. The van der Waals surface area contributed by atoms with Crippen molar-refractivity contribution in [3.8, 4) is 0 Å². The number of para-hydroxylation sites is 1. The van der Waals surface area contributed by atoms with Crippen molar-refractivity contribution in [1.29, 1.82) is 0 Å². The van der Waals surface area contributed by atoms with Gasteiger partial charge >= 0.3 is 0 Å². The minimum absolute atomic E-state index is 0.101. The van der Waals surface area contributed by atoms with Crippen LogP contribution in [0.15, 0.2) is 29.3 Å². The number of anilines is 1. The fourth-order valence-corrected chi connectivity index (χ4v) is 3.97. The molecule has 0 bridgehead atoms. The first-order valence-electron chi connectivity index (χ1n) is 10.2. The van der Waals surface area contributed by atoms with Gasteiger partial charge in [0.2, 0.25) is 5.91 Å². The highest BCUT2D eigenvalue weighted by atomic mass is 16.5. The maximum atomic E-state index is 12.7. The van der Waals surface area contributed by atoms with Gasteiger partial charge in [-0.3, -0.25) is 9.79 Å². The molecule has 4 rings (SSSR count). The number of nitrogens with zero attached hydrogens (tertiary/aromatic N) is 3. The number of benzene rings is 1. The minimum atomic E-state index is 0.101. The first-order chi connectivity index (χ1) is 13.2. The summed E-state index contributed by atoms with van der Waals surface area (Å²) in [7, 11) is 1.79. The van der Waals surface area contributed by atoms with Crippen LogP contribution in [0.2, 0.25) is 0 Å². The number of likely N-dealkylation sites (tertiary alicyclic amines) is 1. The summed E-state index contributed by atoms with van der Waals surface area (Å²) in [4.78, 5) is 21.2. The van der Waals surface area contributed by atoms with Crippen LogP contribution in [0, 0.1) is 5.92 Å². The van der Waals surface area contributed by atoms with Crippen LogP contribution in [-0.2, 0) is 16.0 Å². The lowest BCUT2D eigenvalue weighted by Gasteiger charge is -2.34. The molecule has 2 aliphatic heterocycles. The van der Waals surface area contributed by atoms with E-state index in [9.17, 15) is 4.79 Å². The number of nitrogens with one attached hydrogen (secondary N) is 1. The molecule has 2 fully saturated rings. The lowest BCUT2D eigenvalue weighted by molar-refractivity contribution is -0.117. The van der Waals surface area contributed by atoms with Gasteiger partial charge in [-0.25, -0.2) is 0 Å². The second-order valence-corrected chi connectivity index (χ2v) is 7.79. The summed E-state index contributed by atoms with van der Waals surface area (Å²) in [6.07, 6.45) is 6.05. The molecule has 1 N–H and O–H groups in total. The number of hydrogen-bond acceptors (Lipinski definition) is 3. The number of piperidine rings is 1. The van der Waals surface area contributed by atoms with Crippen LogP contribution >= 0.6 is 0 Å². The van der Waals surface area contributed by atoms with Gasteiger partial charge in [0, 0.05) is 39.0 Å². The molecular weight excluding hydrogens is 340 g/mol. The van der Waals surface area contributed by atoms with E-state index >= 15 is 0 Å². The number of aliphatic imine (C=N–C) groups is 1. The predicted molar refractivity (Wildman–Crippen MR) is 107 cm³/mol. The standard InChI is InChI=1S/C21H30N4O2/c1-22-21(24-11-9-18(10-12-24)27-15-16-6-7-16)23-14-20(26)25-13-8-17-4-2-3-5-19(17)25/h2-5,16,18H,6-15H2,1H3,(H,22,23). The van der Waals surface area contributed by atoms with Crippen molar-refractivity contribution in [3.05, 3.63) is 29.8 Å². The van der Waals surface area contributed by atoms with E-state index in [2.05, 4.69) is 21.3 Å². The van der Waals surface area contributed by atoms with Crippen LogP contribution in [0.4, 0.5) is 5.69 Å². The van der Waals surface area contributed by atoms with Gasteiger partial charge in [0.05, 0.1) is 12.6 Å². The van der Waals surface area contributed by atoms with E-state index in [0.29, 0.717) is 6.10 Å². The van der Waals surface area contributed by atoms with Crippen LogP contribution in [-0.4, -0.2) is 62.7 Å². The summed E-state index contributed by atoms with van der Waals surface area (Å²) < 4.78 is 6.02. The summed E-state index contributed by atoms with van der Waals surface area (Å²) in [6, 6.07) is 8.16. The number of hydrogen-bond donors (Lipinski definition) is 1. The average Bonchev–Trinajstić information content (AvgIpc) is 3.44. The van der Waals surface area contributed by atoms with Crippen molar-refractivity contribution in [2.75, 3.05) is 44.7 Å². The number of carbonyl (C=O) groups excluding carboxylic acids is 1. The van der Waals surface area contributed by atoms with Crippen molar-refractivity contribution < 1.29 is 9.53 Å². The molecule has 6 heteroatoms. The first kappa shape index (κ1) is 18.3. The summed E-state index contributed by atoms with van der Waals surface area (Å²) in [5.41, 5.74) is 2.30. The van der Waals surface area contributed by atoms with Crippen LogP contribution in [0.1, 0.15) is 31.2 Å². The summed E-state index contributed by atoms with van der Waals surface area (Å²) in [5.74, 6) is 1.74. The smallest absolute Gasteiger partial charge is 0.246 e. The van der Waals surface area contributed by atoms with Gasteiger partial charge in [0.1, 0.15) is 0 Å². The molecule has 1 saturated carbocycles. The molecule has 0 radical (unpaired) electrons. The van der Waals surface area contributed by atoms with Gasteiger partial charge in [-0.2, -0.15) is 0 Å². The van der Waals surface area contributed by atoms with Gasteiger partial charge in [-0.15, -0.1) is 0 Å². The lowest BCUT2D eigenvalue weighted by atomic mass is 10.1. The molecule has 146 valence electrons. The molecule has 6 nitrogen and oxygen atoms in total. The number of fused-ring (bicyclic) bond motifs is 1. The predicted octanol–water partition coefficient (Wildman–Crippen LogP) is 2.04. The molecule has 2 heterocycles. The molecule has 1 amide bonds. The maximum absolute atomic E-state index is 12.7. The third-order valence-electron chi connectivity index (χ3n) is 5.80. The van der Waals surface area contributed by atoms with Gasteiger partial charge < -0.3 is 19.9 Å². The Hall–Kier alpha value is -2.08. The zero-order chi connectivity index (χ0) is 18.6. The fraction of sp³-hybridized carbons (Fsp3) is 0.619. The van der Waals surface area contributed by atoms with Gasteiger partial charge in [-0.05, 0) is 49.7 Å². The fourth-order valence-electron chi connectivity index (χ4n) is 3.97. The molecule has 0 spiro atoms. The van der Waals surface area contributed by atoms with E-state index in [-0.39, 0.29) is 12.5 Å². The third-order valence-corrected chi connectivity index (χ3v) is 5.80. The number of carbonyl (C=O) groups is 1. The van der Waals surface area contributed by atoms with Crippen LogP contribution < -0.4 is 10.2 Å². The zero-order valence-electron chi connectivity index (χ0n) is 16.2. The largest absolute Gasteiger partial charge is 0.378 e. The topological polar surface area (TPSA) is 57.2 Å². The Bertz CT molecular complexity index is 693. The molecule has 1 aromatic rings. The molecule has 27 heavy (non-hydrogen) atoms. The highest BCUT2D eigenvalue weighted by Crippen LogP contribution is 2.30. The Morgan fingerprint density at radius 2 is 1.96 bits per heavy atom. The molecule has 1 aromatic carbocycles. The number of ether oxygens (including phenoxy) is 1. The maximum Gasteiger partial charge on any atom is 0.246 e. The van der Waals surface area contributed by atoms with Crippen molar-refractivity contribution >= 4 is 17.6 Å². The Morgan fingerprint density at radius 1 is 1.19 bits per heavy atom. The molecule has 1 aliphatic carbocycles. The first-order valence-corrected chi connectivity index (χ1v) is 10.2. The van der Waals surface area contributed by atoms with Crippen molar-refractivity contribution in [2.45, 2.75) is 38.2 Å². The Morgan fingerprint density at radius 3 is 2.70 bits per heavy atom. The summed E-state index contributed by atoms with van der Waals surface area (Å²) in [6.45, 7) is 3.83. The van der Waals surface area contributed by atoms with E-state index in [1.54, 1.807) is 7.05 Å². The van der Waals surface area contributed by atoms with Gasteiger partial charge in [-0.1, -0.05) is 18.2 Å². The van der Waals surface area contributed by atoms with E-state index in [0.717, 1.165) is 63.1 Å². The van der Waals surface area contributed by atoms with Gasteiger partial charge in [0.15, 0.2) is 5.96 Å². The molecular formula is C21H30N4O2. The summed E-state index contributed by atoms with van der Waals surface area (Å²) in [5, 5.41) is 3.27. The van der Waals surface area contributed by atoms with Crippen LogP contribution in [0.3, 0.4) is 0 Å². The minimum Gasteiger partial charge on any atom is -0.378 e. The van der Waals surface area contributed by atoms with Gasteiger partial charge in [0.25, 0.3) is 0 Å². The number of amides is 1. The second-order valence-electron chi connectivity index (χ2n) is 7.79. The number of rotatable bonds is 5. The van der Waals surface area contributed by atoms with E-state index in [1.807, 2.05) is 23.1 Å². The molecule has 3 aliphatic rings. The molecule has 0 aromatic heterocycles. The van der Waals surface area contributed by atoms with E-state index < -0.39 is 0 Å². The van der Waals surface area contributed by atoms with E-state index in [1.165, 1.54) is 18.4 Å². The van der Waals surface area contributed by atoms with Crippen molar-refractivity contribution in [1.82, 2.24) is 10.2 Å². The Kier molecular flexibility index (Phi) is 5.62. The van der Waals surface area contributed by atoms with Crippen LogP contribution in [0.25, 0.3) is 0 Å². The molecule has 0 unspecified atom stereocenters. The second kappa shape index (κ2) is 8.30. The highest BCUT2D eigenvalue weighted by molar-refractivity contribution is 5.98. The molecule has 0 atom stereocenters.